The van der Waals surface area contributed by atoms with Crippen molar-refractivity contribution in [3.8, 4) is 11.4 Å². The van der Waals surface area contributed by atoms with Gasteiger partial charge in [-0.1, -0.05) is 41.9 Å². The molecule has 4 aromatic rings. The molecule has 0 bridgehead atoms. The highest BCUT2D eigenvalue weighted by Gasteiger charge is 2.21. The van der Waals surface area contributed by atoms with Gasteiger partial charge < -0.3 is 9.67 Å². The number of nitrogens with zero attached hydrogens (tertiary/aromatic N) is 4. The van der Waals surface area contributed by atoms with Crippen LogP contribution >= 0.6 is 11.6 Å². The summed E-state index contributed by atoms with van der Waals surface area (Å²) in [6.07, 6.45) is 0.317. The van der Waals surface area contributed by atoms with Crippen LogP contribution in [0.3, 0.4) is 0 Å². The Hall–Kier alpha value is -3.16. The molecule has 0 spiro atoms. The van der Waals surface area contributed by atoms with E-state index in [0.29, 0.717) is 35.0 Å². The van der Waals surface area contributed by atoms with Crippen LogP contribution in [0.2, 0.25) is 5.02 Å². The highest BCUT2D eigenvalue weighted by atomic mass is 35.5. The van der Waals surface area contributed by atoms with Crippen LogP contribution in [-0.2, 0) is 20.1 Å². The normalized spacial score (nSPS) is 11.3. The highest BCUT2D eigenvalue weighted by molar-refractivity contribution is 6.30. The lowest BCUT2D eigenvalue weighted by Gasteiger charge is -2.11. The van der Waals surface area contributed by atoms with Crippen molar-refractivity contribution in [3.05, 3.63) is 86.0 Å². The van der Waals surface area contributed by atoms with Crippen molar-refractivity contribution < 1.29 is 5.11 Å². The lowest BCUT2D eigenvalue weighted by Crippen LogP contribution is -2.39. The summed E-state index contributed by atoms with van der Waals surface area (Å²) in [7, 11) is 1.60. The number of imidazole rings is 1. The van der Waals surface area contributed by atoms with Crippen molar-refractivity contribution in [1.29, 1.82) is 0 Å². The van der Waals surface area contributed by atoms with Gasteiger partial charge in [-0.05, 0) is 36.2 Å². The Labute approximate surface area is 177 Å². The minimum atomic E-state index is -0.451. The molecular weight excluding hydrogens is 404 g/mol. The smallest absolute Gasteiger partial charge is 0.332 e. The molecule has 0 aliphatic rings. The molecule has 8 heteroatoms. The van der Waals surface area contributed by atoms with Gasteiger partial charge in [0, 0.05) is 37.3 Å². The fraction of sp³-hybridized carbons (Fsp3) is 0.227. The summed E-state index contributed by atoms with van der Waals surface area (Å²) < 4.78 is 4.38. The standard InChI is InChI=1S/C22H21ClN4O3/c1-25-20-18(21(29)26(22(25)30)12-5-13-28)27(14-15-6-3-2-4-7-15)19(24-20)16-8-10-17(23)11-9-16/h2-4,6-11,28H,5,12-14H2,1H3. The number of fused-ring (bicyclic) bond motifs is 1. The van der Waals surface area contributed by atoms with E-state index in [9.17, 15) is 9.59 Å². The number of hydrogen-bond acceptors (Lipinski definition) is 4. The van der Waals surface area contributed by atoms with Crippen LogP contribution in [0.5, 0.6) is 0 Å². The monoisotopic (exact) mass is 424 g/mol. The Balaban J connectivity index is 2.03. The third kappa shape index (κ3) is 3.58. The van der Waals surface area contributed by atoms with Gasteiger partial charge in [0.15, 0.2) is 11.2 Å². The lowest BCUT2D eigenvalue weighted by atomic mass is 10.2. The molecule has 0 fully saturated rings. The molecule has 0 aliphatic carbocycles. The fourth-order valence-electron chi connectivity index (χ4n) is 3.54. The van der Waals surface area contributed by atoms with E-state index < -0.39 is 11.2 Å². The van der Waals surface area contributed by atoms with Gasteiger partial charge in [0.2, 0.25) is 0 Å². The van der Waals surface area contributed by atoms with Crippen LogP contribution in [0.1, 0.15) is 12.0 Å². The second-order valence-corrected chi connectivity index (χ2v) is 7.50. The Bertz CT molecular complexity index is 1300. The van der Waals surface area contributed by atoms with Gasteiger partial charge in [0.1, 0.15) is 5.82 Å². The van der Waals surface area contributed by atoms with E-state index in [1.54, 1.807) is 19.2 Å². The molecule has 154 valence electrons. The number of hydrogen-bond donors (Lipinski definition) is 1. The molecule has 2 aromatic heterocycles. The van der Waals surface area contributed by atoms with Gasteiger partial charge >= 0.3 is 5.69 Å². The number of rotatable bonds is 6. The van der Waals surface area contributed by atoms with E-state index in [4.69, 9.17) is 16.7 Å². The highest BCUT2D eigenvalue weighted by Crippen LogP contribution is 2.25. The van der Waals surface area contributed by atoms with E-state index in [1.165, 1.54) is 4.57 Å². The molecule has 0 aliphatic heterocycles. The van der Waals surface area contributed by atoms with Gasteiger partial charge in [0.05, 0.1) is 0 Å². The van der Waals surface area contributed by atoms with Crippen molar-refractivity contribution in [1.82, 2.24) is 18.7 Å². The summed E-state index contributed by atoms with van der Waals surface area (Å²) >= 11 is 6.04. The first-order valence-electron chi connectivity index (χ1n) is 9.62. The first kappa shape index (κ1) is 20.1. The number of aliphatic hydroxyl groups is 1. The van der Waals surface area contributed by atoms with Crippen molar-refractivity contribution >= 4 is 22.8 Å². The SMILES string of the molecule is Cn1c(=O)n(CCCO)c(=O)c2c1nc(-c1ccc(Cl)cc1)n2Cc1ccccc1. The molecular formula is C22H21ClN4O3. The van der Waals surface area contributed by atoms with Crippen molar-refractivity contribution in [2.45, 2.75) is 19.5 Å². The van der Waals surface area contributed by atoms with Crippen molar-refractivity contribution in [3.63, 3.8) is 0 Å². The van der Waals surface area contributed by atoms with Crippen molar-refractivity contribution in [2.75, 3.05) is 6.61 Å². The fourth-order valence-corrected chi connectivity index (χ4v) is 3.66. The second kappa shape index (κ2) is 8.30. The number of halogens is 1. The number of aromatic nitrogens is 4. The van der Waals surface area contributed by atoms with E-state index in [2.05, 4.69) is 4.98 Å². The van der Waals surface area contributed by atoms with Gasteiger partial charge in [-0.3, -0.25) is 13.9 Å². The van der Waals surface area contributed by atoms with E-state index in [-0.39, 0.29) is 13.2 Å². The maximum atomic E-state index is 13.3. The van der Waals surface area contributed by atoms with Crippen LogP contribution in [0, 0.1) is 0 Å². The number of aliphatic hydroxyl groups excluding tert-OH is 1. The van der Waals surface area contributed by atoms with Crippen LogP contribution in [-0.4, -0.2) is 30.4 Å². The minimum absolute atomic E-state index is 0.104. The second-order valence-electron chi connectivity index (χ2n) is 7.06. The van der Waals surface area contributed by atoms with E-state index in [1.807, 2.05) is 47.0 Å². The molecule has 4 rings (SSSR count). The van der Waals surface area contributed by atoms with Crippen LogP contribution in [0.15, 0.2) is 64.2 Å². The predicted molar refractivity (Wildman–Crippen MR) is 117 cm³/mol. The van der Waals surface area contributed by atoms with Gasteiger partial charge in [-0.15, -0.1) is 0 Å². The van der Waals surface area contributed by atoms with Gasteiger partial charge in [-0.2, -0.15) is 0 Å². The van der Waals surface area contributed by atoms with E-state index >= 15 is 0 Å². The molecule has 2 heterocycles. The third-order valence-electron chi connectivity index (χ3n) is 5.06. The summed E-state index contributed by atoms with van der Waals surface area (Å²) in [4.78, 5) is 30.7. The Morgan fingerprint density at radius 2 is 1.70 bits per heavy atom. The average Bonchev–Trinajstić information content (AvgIpc) is 3.13. The zero-order valence-electron chi connectivity index (χ0n) is 16.5. The Morgan fingerprint density at radius 3 is 2.37 bits per heavy atom. The zero-order chi connectivity index (χ0) is 21.3. The maximum Gasteiger partial charge on any atom is 0.332 e. The van der Waals surface area contributed by atoms with Crippen LogP contribution in [0.4, 0.5) is 0 Å². The van der Waals surface area contributed by atoms with Gasteiger partial charge in [0.25, 0.3) is 5.56 Å². The zero-order valence-corrected chi connectivity index (χ0v) is 17.2. The minimum Gasteiger partial charge on any atom is -0.396 e. The molecule has 7 nitrogen and oxygen atoms in total. The molecule has 0 atom stereocenters. The first-order chi connectivity index (χ1) is 14.5. The summed E-state index contributed by atoms with van der Waals surface area (Å²) in [5.41, 5.74) is 1.61. The Kier molecular flexibility index (Phi) is 5.57. The number of benzene rings is 2. The topological polar surface area (TPSA) is 82.0 Å². The summed E-state index contributed by atoms with van der Waals surface area (Å²) in [6.45, 7) is 0.459. The predicted octanol–water partition coefficient (Wildman–Crippen LogP) is 2.65. The molecule has 1 N–H and O–H groups in total. The first-order valence-corrected chi connectivity index (χ1v) is 10.00. The molecule has 2 aromatic carbocycles. The molecule has 0 radical (unpaired) electrons. The van der Waals surface area contributed by atoms with Gasteiger partial charge in [-0.25, -0.2) is 9.78 Å². The average molecular weight is 425 g/mol. The molecule has 30 heavy (non-hydrogen) atoms. The summed E-state index contributed by atoms with van der Waals surface area (Å²) in [5.74, 6) is 0.581. The largest absolute Gasteiger partial charge is 0.396 e. The van der Waals surface area contributed by atoms with Crippen LogP contribution in [0.25, 0.3) is 22.6 Å². The Morgan fingerprint density at radius 1 is 1.00 bits per heavy atom. The van der Waals surface area contributed by atoms with Crippen molar-refractivity contribution in [2.24, 2.45) is 7.05 Å². The lowest BCUT2D eigenvalue weighted by molar-refractivity contribution is 0.277. The third-order valence-corrected chi connectivity index (χ3v) is 5.31. The summed E-state index contributed by atoms with van der Waals surface area (Å²) in [5, 5.41) is 9.76. The number of aryl methyl sites for hydroxylation is 1. The quantitative estimate of drug-likeness (QED) is 0.516. The van der Waals surface area contributed by atoms with Crippen LogP contribution < -0.4 is 11.2 Å². The molecule has 0 saturated carbocycles. The van der Waals surface area contributed by atoms with E-state index in [0.717, 1.165) is 15.7 Å². The molecule has 0 amide bonds. The molecule has 0 unspecified atom stereocenters. The molecule has 0 saturated heterocycles. The summed E-state index contributed by atoms with van der Waals surface area (Å²) in [6, 6.07) is 17.0. The maximum absolute atomic E-state index is 13.3.